The largest absolute Gasteiger partial charge is 0.309 e. The van der Waals surface area contributed by atoms with Crippen molar-refractivity contribution < 1.29 is 0 Å². The van der Waals surface area contributed by atoms with Crippen LogP contribution < -0.4 is 4.90 Å². The van der Waals surface area contributed by atoms with Crippen molar-refractivity contribution in [2.45, 2.75) is 19.3 Å². The molecule has 0 bridgehead atoms. The molecule has 220 valence electrons. The molecule has 7 aromatic rings. The van der Waals surface area contributed by atoms with Gasteiger partial charge in [0.2, 0.25) is 0 Å². The Bertz CT molecular complexity index is 2190. The maximum Gasteiger partial charge on any atom is 0.0618 e. The van der Waals surface area contributed by atoms with Crippen LogP contribution in [0, 0.1) is 0 Å². The average Bonchev–Trinajstić information content (AvgIpc) is 3.34. The minimum absolute atomic E-state index is 0.0700. The highest BCUT2D eigenvalue weighted by molar-refractivity contribution is 6.22. The van der Waals surface area contributed by atoms with Gasteiger partial charge in [-0.3, -0.25) is 0 Å². The van der Waals surface area contributed by atoms with Crippen molar-refractivity contribution in [2.75, 3.05) is 4.90 Å². The number of hydrogen-bond acceptors (Lipinski definition) is 1. The molecule has 1 aliphatic carbocycles. The number of benzene rings is 7. The predicted molar refractivity (Wildman–Crippen MR) is 199 cm³/mol. The molecule has 0 saturated carbocycles. The standard InChI is InChI=1S/C45H35N/c1-5-30-19-24-33(25-20-30)46(34-26-21-31(6-2)22-27-34)44-39-16-9-7-14-37(39)43(38-15-8-10-17-40(38)44)32-23-28-36-35-13-11-12-18-41(35)45(3,4)42(36)29-32/h5-29H,1-2H2,3-4H3. The SMILES string of the molecule is C=Cc1ccc(N(c2ccc(C=C)cc2)c2c3ccccc3c(-c3ccc4c(c3)C(C)(C)c3ccccc3-4)c3ccccc23)cc1. The second-order valence-electron chi connectivity index (χ2n) is 12.7. The third kappa shape index (κ3) is 4.24. The van der Waals surface area contributed by atoms with E-state index >= 15 is 0 Å². The van der Waals surface area contributed by atoms with Gasteiger partial charge < -0.3 is 4.90 Å². The smallest absolute Gasteiger partial charge is 0.0618 e. The molecular weight excluding hydrogens is 555 g/mol. The van der Waals surface area contributed by atoms with Crippen molar-refractivity contribution in [3.05, 3.63) is 175 Å². The molecule has 0 fully saturated rings. The van der Waals surface area contributed by atoms with E-state index in [1.165, 1.54) is 60.6 Å². The minimum atomic E-state index is -0.0700. The lowest BCUT2D eigenvalue weighted by Crippen LogP contribution is -2.15. The highest BCUT2D eigenvalue weighted by Gasteiger charge is 2.35. The van der Waals surface area contributed by atoms with Gasteiger partial charge in [0.05, 0.1) is 5.69 Å². The van der Waals surface area contributed by atoms with E-state index in [1.807, 2.05) is 12.2 Å². The molecule has 0 saturated heterocycles. The first-order valence-corrected chi connectivity index (χ1v) is 15.9. The zero-order valence-electron chi connectivity index (χ0n) is 26.3. The molecule has 0 radical (unpaired) electrons. The molecule has 1 nitrogen and oxygen atoms in total. The molecule has 0 unspecified atom stereocenters. The zero-order valence-corrected chi connectivity index (χ0v) is 26.3. The second-order valence-corrected chi connectivity index (χ2v) is 12.7. The second kappa shape index (κ2) is 10.8. The van der Waals surface area contributed by atoms with E-state index in [9.17, 15) is 0 Å². The quantitative estimate of drug-likeness (QED) is 0.174. The first kappa shape index (κ1) is 27.9. The summed E-state index contributed by atoms with van der Waals surface area (Å²) in [5.74, 6) is 0. The van der Waals surface area contributed by atoms with E-state index in [1.54, 1.807) is 0 Å². The summed E-state index contributed by atoms with van der Waals surface area (Å²) in [7, 11) is 0. The first-order chi connectivity index (χ1) is 22.5. The van der Waals surface area contributed by atoms with E-state index < -0.39 is 0 Å². The van der Waals surface area contributed by atoms with Gasteiger partial charge in [-0.05, 0) is 85.6 Å². The predicted octanol–water partition coefficient (Wildman–Crippen LogP) is 12.7. The van der Waals surface area contributed by atoms with Crippen LogP contribution in [-0.2, 0) is 5.41 Å². The lowest BCUT2D eigenvalue weighted by atomic mass is 9.81. The molecule has 1 heteroatoms. The fourth-order valence-electron chi connectivity index (χ4n) is 7.44. The lowest BCUT2D eigenvalue weighted by molar-refractivity contribution is 0.660. The van der Waals surface area contributed by atoms with E-state index in [2.05, 4.69) is 171 Å². The minimum Gasteiger partial charge on any atom is -0.309 e. The molecule has 0 aromatic heterocycles. The topological polar surface area (TPSA) is 3.24 Å². The lowest BCUT2D eigenvalue weighted by Gasteiger charge is -2.30. The maximum atomic E-state index is 3.98. The van der Waals surface area contributed by atoms with E-state index in [4.69, 9.17) is 0 Å². The molecule has 0 N–H and O–H groups in total. The van der Waals surface area contributed by atoms with Crippen LogP contribution in [0.25, 0.3) is 56.0 Å². The van der Waals surface area contributed by atoms with Crippen molar-refractivity contribution in [3.63, 3.8) is 0 Å². The molecule has 46 heavy (non-hydrogen) atoms. The van der Waals surface area contributed by atoms with Gasteiger partial charge in [-0.15, -0.1) is 0 Å². The van der Waals surface area contributed by atoms with Crippen LogP contribution in [0.2, 0.25) is 0 Å². The van der Waals surface area contributed by atoms with Gasteiger partial charge in [0.15, 0.2) is 0 Å². The third-order valence-corrected chi connectivity index (χ3v) is 9.77. The number of anilines is 3. The fourth-order valence-corrected chi connectivity index (χ4v) is 7.44. The van der Waals surface area contributed by atoms with Crippen molar-refractivity contribution in [2.24, 2.45) is 0 Å². The van der Waals surface area contributed by atoms with Crippen LogP contribution >= 0.6 is 0 Å². The average molecular weight is 590 g/mol. The van der Waals surface area contributed by atoms with Gasteiger partial charge in [-0.2, -0.15) is 0 Å². The molecule has 0 amide bonds. The molecule has 8 rings (SSSR count). The highest BCUT2D eigenvalue weighted by atomic mass is 15.1. The Kier molecular flexibility index (Phi) is 6.51. The number of nitrogens with zero attached hydrogens (tertiary/aromatic N) is 1. The fraction of sp³-hybridized carbons (Fsp3) is 0.0667. The number of hydrogen-bond donors (Lipinski definition) is 0. The van der Waals surface area contributed by atoms with E-state index in [-0.39, 0.29) is 5.41 Å². The Morgan fingerprint density at radius 2 is 0.978 bits per heavy atom. The van der Waals surface area contributed by atoms with Crippen LogP contribution in [0.1, 0.15) is 36.1 Å². The van der Waals surface area contributed by atoms with Gasteiger partial charge in [-0.25, -0.2) is 0 Å². The Morgan fingerprint density at radius 1 is 0.500 bits per heavy atom. The molecule has 0 spiro atoms. The third-order valence-electron chi connectivity index (χ3n) is 9.77. The van der Waals surface area contributed by atoms with Crippen LogP contribution in [0.3, 0.4) is 0 Å². The summed E-state index contributed by atoms with van der Waals surface area (Å²) < 4.78 is 0. The molecule has 0 atom stereocenters. The Balaban J connectivity index is 1.43. The Labute approximate surface area is 271 Å². The summed E-state index contributed by atoms with van der Waals surface area (Å²) in [6, 6.07) is 51.0. The van der Waals surface area contributed by atoms with Crippen molar-refractivity contribution >= 4 is 50.8 Å². The molecule has 0 heterocycles. The van der Waals surface area contributed by atoms with E-state index in [0.717, 1.165) is 22.5 Å². The summed E-state index contributed by atoms with van der Waals surface area (Å²) in [5.41, 5.74) is 13.5. The van der Waals surface area contributed by atoms with Gasteiger partial charge in [0.1, 0.15) is 0 Å². The molecule has 0 aliphatic heterocycles. The number of rotatable bonds is 6. The molecule has 7 aromatic carbocycles. The van der Waals surface area contributed by atoms with Gasteiger partial charge in [0, 0.05) is 27.6 Å². The van der Waals surface area contributed by atoms with Gasteiger partial charge in [-0.1, -0.05) is 148 Å². The van der Waals surface area contributed by atoms with Gasteiger partial charge >= 0.3 is 0 Å². The van der Waals surface area contributed by atoms with Crippen molar-refractivity contribution in [1.29, 1.82) is 0 Å². The summed E-state index contributed by atoms with van der Waals surface area (Å²) in [4.78, 5) is 2.40. The summed E-state index contributed by atoms with van der Waals surface area (Å²) in [6.45, 7) is 12.7. The summed E-state index contributed by atoms with van der Waals surface area (Å²) >= 11 is 0. The van der Waals surface area contributed by atoms with Crippen molar-refractivity contribution in [3.8, 4) is 22.3 Å². The normalized spacial score (nSPS) is 12.9. The van der Waals surface area contributed by atoms with Gasteiger partial charge in [0.25, 0.3) is 0 Å². The van der Waals surface area contributed by atoms with Crippen LogP contribution in [0.15, 0.2) is 153 Å². The Hall–Kier alpha value is -5.66. The Morgan fingerprint density at radius 3 is 1.52 bits per heavy atom. The monoisotopic (exact) mass is 589 g/mol. The molecule has 1 aliphatic rings. The van der Waals surface area contributed by atoms with Crippen LogP contribution in [0.5, 0.6) is 0 Å². The summed E-state index contributed by atoms with van der Waals surface area (Å²) in [5, 5.41) is 4.89. The highest BCUT2D eigenvalue weighted by Crippen LogP contribution is 2.52. The number of fused-ring (bicyclic) bond motifs is 5. The zero-order chi connectivity index (χ0) is 31.4. The first-order valence-electron chi connectivity index (χ1n) is 15.9. The molecular formula is C45H35N. The maximum absolute atomic E-state index is 3.98. The van der Waals surface area contributed by atoms with E-state index in [0.29, 0.717) is 0 Å². The van der Waals surface area contributed by atoms with Crippen molar-refractivity contribution in [1.82, 2.24) is 0 Å². The van der Waals surface area contributed by atoms with Crippen LogP contribution in [-0.4, -0.2) is 0 Å². The summed E-state index contributed by atoms with van der Waals surface area (Å²) in [6.07, 6.45) is 3.78. The van der Waals surface area contributed by atoms with Crippen LogP contribution in [0.4, 0.5) is 17.1 Å².